The van der Waals surface area contributed by atoms with Crippen LogP contribution in [0.5, 0.6) is 0 Å². The number of carbonyl (C=O) groups is 1. The molecule has 0 aliphatic heterocycles. The topological polar surface area (TPSA) is 77.2 Å². The summed E-state index contributed by atoms with van der Waals surface area (Å²) in [7, 11) is 1.19. The zero-order valence-electron chi connectivity index (χ0n) is 17.6. The first kappa shape index (κ1) is 9.07. The number of nitrogens with two attached hydrogens (primary N) is 1. The summed E-state index contributed by atoms with van der Waals surface area (Å²) in [6.07, 6.45) is 1.59. The number of anilines is 1. The molecule has 0 saturated carbocycles. The monoisotopic (exact) mass is 321 g/mol. The second kappa shape index (κ2) is 5.90. The Balaban J connectivity index is 2.29. The van der Waals surface area contributed by atoms with Crippen LogP contribution in [0.3, 0.4) is 0 Å². The molecule has 2 heterocycles. The van der Waals surface area contributed by atoms with Gasteiger partial charge >= 0.3 is 5.97 Å². The Labute approximate surface area is 140 Å². The maximum atomic E-state index is 12.3. The number of ether oxygens (including phenoxy) is 1. The molecule has 1 unspecified atom stereocenters. The first-order valence-electron chi connectivity index (χ1n) is 9.36. The van der Waals surface area contributed by atoms with Gasteiger partial charge in [0.1, 0.15) is 4.88 Å². The normalized spacial score (nSPS) is 19.2. The predicted octanol–water partition coefficient (Wildman–Crippen LogP) is 3.00. The van der Waals surface area contributed by atoms with Crippen LogP contribution in [-0.4, -0.2) is 30.6 Å². The number of nitrogens with one attached hydrogen (secondary N) is 1. The number of rotatable bonds is 4. The van der Waals surface area contributed by atoms with Crippen molar-refractivity contribution in [3.8, 4) is 0 Å². The number of benzene rings is 1. The number of aromatic nitrogens is 1. The van der Waals surface area contributed by atoms with Crippen LogP contribution in [0.1, 0.15) is 24.7 Å². The number of pyridine rings is 1. The molecule has 0 radical (unpaired) electrons. The quantitative estimate of drug-likeness (QED) is 0.722. The van der Waals surface area contributed by atoms with Gasteiger partial charge in [-0.15, -0.1) is 11.3 Å². The lowest BCUT2D eigenvalue weighted by Gasteiger charge is -2.11. The van der Waals surface area contributed by atoms with Crippen molar-refractivity contribution in [2.45, 2.75) is 12.9 Å². The highest BCUT2D eigenvalue weighted by molar-refractivity contribution is 7.21. The zero-order valence-corrected chi connectivity index (χ0v) is 12.5. The van der Waals surface area contributed by atoms with Crippen LogP contribution in [0.4, 0.5) is 5.69 Å². The lowest BCUT2D eigenvalue weighted by atomic mass is 10.1. The van der Waals surface area contributed by atoms with Gasteiger partial charge in [-0.2, -0.15) is 0 Å². The molecule has 22 heavy (non-hydrogen) atoms. The Morgan fingerprint density at radius 3 is 3.27 bits per heavy atom. The van der Waals surface area contributed by atoms with Crippen LogP contribution in [0.2, 0.25) is 0 Å². The van der Waals surface area contributed by atoms with E-state index in [9.17, 15) is 4.79 Å². The molecule has 0 amide bonds. The third-order valence-electron chi connectivity index (χ3n) is 3.13. The largest absolute Gasteiger partial charge is 0.465 e. The molecule has 114 valence electrons. The predicted molar refractivity (Wildman–Crippen MR) is 90.6 cm³/mol. The first-order valence-corrected chi connectivity index (χ1v) is 7.18. The van der Waals surface area contributed by atoms with Crippen molar-refractivity contribution >= 4 is 44.0 Å². The van der Waals surface area contributed by atoms with E-state index >= 15 is 0 Å². The van der Waals surface area contributed by atoms with E-state index in [1.807, 2.05) is 0 Å². The van der Waals surface area contributed by atoms with Crippen LogP contribution < -0.4 is 11.1 Å². The van der Waals surface area contributed by atoms with Gasteiger partial charge in [0.25, 0.3) is 0 Å². The van der Waals surface area contributed by atoms with Gasteiger partial charge in [-0.05, 0) is 25.1 Å². The molecule has 0 spiro atoms. The van der Waals surface area contributed by atoms with Gasteiger partial charge in [0.05, 0.1) is 21.1 Å². The standard InChI is InChI=1S/C16H17N3O2S/c1-9(17)8-19-14-13-10-4-3-7-18-11(10)5-6-12(13)22-15(14)16(20)21-2/h3-7,9,19H,8,17H2,1-2H3/i1D3,8D2,9D. The average Bonchev–Trinajstić information content (AvgIpc) is 2.98. The van der Waals surface area contributed by atoms with Crippen LogP contribution >= 0.6 is 11.3 Å². The van der Waals surface area contributed by atoms with Gasteiger partial charge in [-0.3, -0.25) is 4.98 Å². The van der Waals surface area contributed by atoms with Crippen molar-refractivity contribution in [3.63, 3.8) is 0 Å². The van der Waals surface area contributed by atoms with Crippen molar-refractivity contribution < 1.29 is 17.8 Å². The van der Waals surface area contributed by atoms with Crippen molar-refractivity contribution in [2.24, 2.45) is 5.73 Å². The van der Waals surface area contributed by atoms with Crippen LogP contribution in [0.15, 0.2) is 30.5 Å². The van der Waals surface area contributed by atoms with Gasteiger partial charge in [0, 0.05) is 39.7 Å². The summed E-state index contributed by atoms with van der Waals surface area (Å²) in [4.78, 5) is 16.6. The van der Waals surface area contributed by atoms with E-state index < -0.39 is 25.3 Å². The van der Waals surface area contributed by atoms with E-state index in [4.69, 9.17) is 18.7 Å². The Hall–Kier alpha value is -2.18. The summed E-state index contributed by atoms with van der Waals surface area (Å²) in [5.41, 5.74) is 6.17. The molecule has 0 aliphatic carbocycles. The third kappa shape index (κ3) is 2.51. The lowest BCUT2D eigenvalue weighted by molar-refractivity contribution is 0.0607. The molecule has 5 nitrogen and oxygen atoms in total. The molecule has 0 bridgehead atoms. The van der Waals surface area contributed by atoms with Crippen molar-refractivity contribution in [3.05, 3.63) is 35.3 Å². The molecular weight excluding hydrogens is 298 g/mol. The van der Waals surface area contributed by atoms with E-state index in [1.54, 1.807) is 30.5 Å². The highest BCUT2D eigenvalue weighted by Crippen LogP contribution is 2.40. The fourth-order valence-electron chi connectivity index (χ4n) is 2.24. The summed E-state index contributed by atoms with van der Waals surface area (Å²) in [5.74, 6) is -0.724. The third-order valence-corrected chi connectivity index (χ3v) is 4.26. The molecule has 0 saturated heterocycles. The summed E-state index contributed by atoms with van der Waals surface area (Å²) in [6.45, 7) is -6.02. The van der Waals surface area contributed by atoms with Gasteiger partial charge in [-0.25, -0.2) is 4.79 Å². The molecule has 3 aromatic rings. The van der Waals surface area contributed by atoms with Gasteiger partial charge in [0.2, 0.25) is 0 Å². The van der Waals surface area contributed by atoms with Crippen LogP contribution in [0, 0.1) is 0 Å². The maximum Gasteiger partial charge on any atom is 0.350 e. The Morgan fingerprint density at radius 1 is 1.64 bits per heavy atom. The first-order chi connectivity index (χ1) is 12.9. The van der Waals surface area contributed by atoms with Gasteiger partial charge < -0.3 is 15.8 Å². The van der Waals surface area contributed by atoms with E-state index in [1.165, 1.54) is 7.11 Å². The summed E-state index contributed by atoms with van der Waals surface area (Å²) < 4.78 is 52.0. The molecular formula is C16H17N3O2S. The Morgan fingerprint density at radius 2 is 2.50 bits per heavy atom. The molecule has 1 aromatic carbocycles. The summed E-state index contributed by atoms with van der Waals surface area (Å²) in [6, 6.07) is 3.94. The summed E-state index contributed by atoms with van der Waals surface area (Å²) in [5, 5.41) is 3.51. The Kier molecular flexibility index (Phi) is 2.43. The number of carbonyl (C=O) groups excluding carboxylic acids is 1. The Bertz CT molecular complexity index is 1060. The van der Waals surface area contributed by atoms with Gasteiger partial charge in [-0.1, -0.05) is 6.07 Å². The molecule has 3 N–H and O–H groups in total. The van der Waals surface area contributed by atoms with Crippen LogP contribution in [-0.2, 0) is 4.74 Å². The van der Waals surface area contributed by atoms with E-state index in [2.05, 4.69) is 10.3 Å². The van der Waals surface area contributed by atoms with E-state index in [0.717, 1.165) is 11.3 Å². The van der Waals surface area contributed by atoms with E-state index in [0.29, 0.717) is 21.0 Å². The highest BCUT2D eigenvalue weighted by atomic mass is 32.1. The smallest absolute Gasteiger partial charge is 0.350 e. The van der Waals surface area contributed by atoms with Crippen molar-refractivity contribution in [2.75, 3.05) is 18.9 Å². The zero-order chi connectivity index (χ0) is 20.9. The lowest BCUT2D eigenvalue weighted by Crippen LogP contribution is -2.25. The number of esters is 1. The van der Waals surface area contributed by atoms with Crippen molar-refractivity contribution in [1.29, 1.82) is 0 Å². The minimum absolute atomic E-state index is 0.0155. The minimum Gasteiger partial charge on any atom is -0.465 e. The number of nitrogens with zero attached hydrogens (tertiary/aromatic N) is 1. The SMILES string of the molecule is [2H]C([2H])([2H])C([2H])(N)C([2H])([2H])Nc1c(C(=O)OC)sc2ccc3ncccc3c12. The fourth-order valence-corrected chi connectivity index (χ4v) is 3.33. The highest BCUT2D eigenvalue weighted by Gasteiger charge is 2.20. The maximum absolute atomic E-state index is 12.3. The van der Waals surface area contributed by atoms with Crippen molar-refractivity contribution in [1.82, 2.24) is 4.98 Å². The number of hydrogen-bond donors (Lipinski definition) is 2. The molecule has 6 heteroatoms. The number of fused-ring (bicyclic) bond motifs is 3. The van der Waals surface area contributed by atoms with Gasteiger partial charge in [0.15, 0.2) is 0 Å². The average molecular weight is 321 g/mol. The molecule has 2 aromatic heterocycles. The second-order valence-electron chi connectivity index (χ2n) is 4.47. The molecule has 1 atom stereocenters. The fraction of sp³-hybridized carbons (Fsp3) is 0.250. The second-order valence-corrected chi connectivity index (χ2v) is 5.52. The molecule has 0 fully saturated rings. The van der Waals surface area contributed by atoms with E-state index in [-0.39, 0.29) is 10.6 Å². The number of hydrogen-bond acceptors (Lipinski definition) is 6. The molecule has 3 rings (SSSR count). The van der Waals surface area contributed by atoms with Crippen LogP contribution in [0.25, 0.3) is 21.0 Å². The minimum atomic E-state index is -3.12. The molecule has 0 aliphatic rings. The summed E-state index contributed by atoms with van der Waals surface area (Å²) >= 11 is 1.06. The number of methoxy groups -OCH3 is 1. The number of thiophene rings is 1.